The fourth-order valence-corrected chi connectivity index (χ4v) is 6.52. The topological polar surface area (TPSA) is 62.3 Å². The molecule has 0 bridgehead atoms. The molecule has 5 rings (SSSR count). The Labute approximate surface area is 218 Å². The van der Waals surface area contributed by atoms with Gasteiger partial charge in [0.1, 0.15) is 5.69 Å². The summed E-state index contributed by atoms with van der Waals surface area (Å²) in [5.41, 5.74) is 4.47. The van der Waals surface area contributed by atoms with Crippen molar-refractivity contribution in [3.05, 3.63) is 70.2 Å². The van der Waals surface area contributed by atoms with Gasteiger partial charge in [-0.1, -0.05) is 67.6 Å². The van der Waals surface area contributed by atoms with Crippen LogP contribution in [0.3, 0.4) is 0 Å². The zero-order chi connectivity index (χ0) is 24.9. The number of piperidine rings is 1. The highest BCUT2D eigenvalue weighted by Crippen LogP contribution is 2.33. The minimum absolute atomic E-state index is 0.182. The van der Waals surface area contributed by atoms with E-state index in [1.807, 2.05) is 40.6 Å². The van der Waals surface area contributed by atoms with Crippen LogP contribution in [0, 0.1) is 12.8 Å². The Hall–Kier alpha value is -2.99. The lowest BCUT2D eigenvalue weighted by Crippen LogP contribution is -2.38. The van der Waals surface area contributed by atoms with Gasteiger partial charge in [-0.05, 0) is 49.8 Å². The first-order valence-electron chi connectivity index (χ1n) is 13.3. The number of thiazole rings is 1. The molecule has 5 nitrogen and oxygen atoms in total. The molecule has 36 heavy (non-hydrogen) atoms. The second-order valence-corrected chi connectivity index (χ2v) is 11.2. The maximum absolute atomic E-state index is 13.1. The van der Waals surface area contributed by atoms with Crippen molar-refractivity contribution in [1.29, 1.82) is 0 Å². The highest BCUT2D eigenvalue weighted by molar-refractivity contribution is 7.10. The maximum atomic E-state index is 13.1. The minimum Gasteiger partial charge on any atom is -0.343 e. The number of rotatable bonds is 7. The molecule has 2 amide bonds. The van der Waals surface area contributed by atoms with Gasteiger partial charge in [-0.3, -0.25) is 9.59 Å². The summed E-state index contributed by atoms with van der Waals surface area (Å²) in [6, 6.07) is 16.2. The predicted octanol–water partition coefficient (Wildman–Crippen LogP) is 7.05. The van der Waals surface area contributed by atoms with E-state index in [0.717, 1.165) is 65.7 Å². The van der Waals surface area contributed by atoms with E-state index in [-0.39, 0.29) is 5.91 Å². The van der Waals surface area contributed by atoms with Gasteiger partial charge in [-0.15, -0.1) is 11.3 Å². The van der Waals surface area contributed by atoms with Gasteiger partial charge in [-0.2, -0.15) is 0 Å². The Kier molecular flexibility index (Phi) is 7.81. The van der Waals surface area contributed by atoms with Gasteiger partial charge < -0.3 is 10.2 Å². The van der Waals surface area contributed by atoms with Gasteiger partial charge in [0.25, 0.3) is 5.91 Å². The molecule has 0 radical (unpaired) electrons. The predicted molar refractivity (Wildman–Crippen MR) is 146 cm³/mol. The second kappa shape index (κ2) is 11.4. The van der Waals surface area contributed by atoms with E-state index in [4.69, 9.17) is 4.98 Å². The molecule has 0 spiro atoms. The third-order valence-corrected chi connectivity index (χ3v) is 8.71. The second-order valence-electron chi connectivity index (χ2n) is 10.3. The van der Waals surface area contributed by atoms with E-state index in [2.05, 4.69) is 30.4 Å². The summed E-state index contributed by atoms with van der Waals surface area (Å²) < 4.78 is 0. The number of aromatic nitrogens is 1. The van der Waals surface area contributed by atoms with Crippen LogP contribution in [0.4, 0.5) is 5.69 Å². The molecule has 6 heteroatoms. The van der Waals surface area contributed by atoms with Crippen molar-refractivity contribution in [1.82, 2.24) is 9.88 Å². The number of aryl methyl sites for hydroxylation is 1. The Morgan fingerprint density at radius 3 is 2.53 bits per heavy atom. The van der Waals surface area contributed by atoms with Gasteiger partial charge in [0.2, 0.25) is 5.91 Å². The number of benzene rings is 2. The van der Waals surface area contributed by atoms with Crippen molar-refractivity contribution in [3.63, 3.8) is 0 Å². The summed E-state index contributed by atoms with van der Waals surface area (Å²) >= 11 is 1.56. The Balaban J connectivity index is 1.18. The smallest absolute Gasteiger partial charge is 0.275 e. The molecule has 3 aromatic rings. The Morgan fingerprint density at radius 2 is 1.78 bits per heavy atom. The SMILES string of the molecule is Cc1ccc(NC(=O)c2csc(C3CCN(C(=O)CCC4CCCC4)CC3)n2)c(-c2ccccc2)c1. The highest BCUT2D eigenvalue weighted by atomic mass is 32.1. The molecule has 1 aliphatic heterocycles. The van der Waals surface area contributed by atoms with E-state index < -0.39 is 0 Å². The van der Waals surface area contributed by atoms with Crippen LogP contribution in [0.15, 0.2) is 53.9 Å². The summed E-state index contributed by atoms with van der Waals surface area (Å²) in [4.78, 5) is 32.5. The monoisotopic (exact) mass is 501 g/mol. The van der Waals surface area contributed by atoms with Crippen molar-refractivity contribution in [2.45, 2.75) is 64.2 Å². The lowest BCUT2D eigenvalue weighted by molar-refractivity contribution is -0.132. The van der Waals surface area contributed by atoms with Crippen molar-refractivity contribution in [3.8, 4) is 11.1 Å². The van der Waals surface area contributed by atoms with E-state index in [1.165, 1.54) is 25.7 Å². The number of carbonyl (C=O) groups excluding carboxylic acids is 2. The number of anilines is 1. The highest BCUT2D eigenvalue weighted by Gasteiger charge is 2.27. The van der Waals surface area contributed by atoms with Crippen LogP contribution in [-0.2, 0) is 4.79 Å². The van der Waals surface area contributed by atoms with E-state index >= 15 is 0 Å². The fraction of sp³-hybridized carbons (Fsp3) is 0.433. The van der Waals surface area contributed by atoms with Gasteiger partial charge in [0.15, 0.2) is 0 Å². The molecule has 188 valence electrons. The molecule has 2 aromatic carbocycles. The lowest BCUT2D eigenvalue weighted by Gasteiger charge is -2.31. The van der Waals surface area contributed by atoms with E-state index in [9.17, 15) is 9.59 Å². The van der Waals surface area contributed by atoms with Crippen LogP contribution in [0.2, 0.25) is 0 Å². The van der Waals surface area contributed by atoms with Gasteiger partial charge in [0.05, 0.1) is 5.01 Å². The zero-order valence-corrected chi connectivity index (χ0v) is 21.9. The number of hydrogen-bond donors (Lipinski definition) is 1. The number of amides is 2. The molecule has 2 heterocycles. The van der Waals surface area contributed by atoms with Crippen molar-refractivity contribution in [2.75, 3.05) is 18.4 Å². The van der Waals surface area contributed by atoms with Crippen LogP contribution < -0.4 is 5.32 Å². The van der Waals surface area contributed by atoms with Crippen molar-refractivity contribution >= 4 is 28.8 Å². The van der Waals surface area contributed by atoms with Gasteiger partial charge >= 0.3 is 0 Å². The van der Waals surface area contributed by atoms with E-state index in [1.54, 1.807) is 11.3 Å². The first kappa shape index (κ1) is 24.7. The van der Waals surface area contributed by atoms with Crippen LogP contribution in [0.25, 0.3) is 11.1 Å². The number of hydrogen-bond acceptors (Lipinski definition) is 4. The first-order chi connectivity index (χ1) is 17.6. The van der Waals surface area contributed by atoms with Crippen LogP contribution >= 0.6 is 11.3 Å². The molecular formula is C30H35N3O2S. The quantitative estimate of drug-likeness (QED) is 0.377. The molecule has 2 aliphatic rings. The number of nitrogens with zero attached hydrogens (tertiary/aromatic N) is 2. The standard InChI is InChI=1S/C30H35N3O2S/c1-21-11-13-26(25(19-21)23-9-3-2-4-10-23)31-29(35)27-20-36-30(32-27)24-15-17-33(18-16-24)28(34)14-12-22-7-5-6-8-22/h2-4,9-11,13,19-20,22,24H,5-8,12,14-18H2,1H3,(H,31,35). The average Bonchev–Trinajstić information content (AvgIpc) is 3.62. The Morgan fingerprint density at radius 1 is 1.03 bits per heavy atom. The van der Waals surface area contributed by atoms with Gasteiger partial charge in [-0.25, -0.2) is 4.98 Å². The van der Waals surface area contributed by atoms with Crippen LogP contribution in [-0.4, -0.2) is 34.8 Å². The molecule has 1 N–H and O–H groups in total. The van der Waals surface area contributed by atoms with Crippen molar-refractivity contribution < 1.29 is 9.59 Å². The molecule has 0 unspecified atom stereocenters. The molecule has 2 fully saturated rings. The average molecular weight is 502 g/mol. The molecule has 1 saturated heterocycles. The molecule has 0 atom stereocenters. The fourth-order valence-electron chi connectivity index (χ4n) is 5.55. The minimum atomic E-state index is -0.182. The third kappa shape index (κ3) is 5.86. The molecular weight excluding hydrogens is 466 g/mol. The zero-order valence-electron chi connectivity index (χ0n) is 21.0. The Bertz CT molecular complexity index is 1190. The van der Waals surface area contributed by atoms with Crippen LogP contribution in [0.1, 0.15) is 78.3 Å². The number of likely N-dealkylation sites (tertiary alicyclic amines) is 1. The summed E-state index contributed by atoms with van der Waals surface area (Å²) in [5, 5.41) is 5.95. The number of carbonyl (C=O) groups is 2. The largest absolute Gasteiger partial charge is 0.343 e. The molecule has 1 aliphatic carbocycles. The van der Waals surface area contributed by atoms with E-state index in [0.29, 0.717) is 23.9 Å². The van der Waals surface area contributed by atoms with Gasteiger partial charge in [0, 0.05) is 42.1 Å². The number of nitrogens with one attached hydrogen (secondary N) is 1. The first-order valence-corrected chi connectivity index (χ1v) is 14.2. The normalized spacial score (nSPS) is 16.9. The summed E-state index contributed by atoms with van der Waals surface area (Å²) in [5.74, 6) is 1.20. The lowest BCUT2D eigenvalue weighted by atomic mass is 9.96. The summed E-state index contributed by atoms with van der Waals surface area (Å²) in [7, 11) is 0. The summed E-state index contributed by atoms with van der Waals surface area (Å²) in [6.45, 7) is 3.64. The van der Waals surface area contributed by atoms with Crippen molar-refractivity contribution in [2.24, 2.45) is 5.92 Å². The molecule has 1 aromatic heterocycles. The molecule has 1 saturated carbocycles. The summed E-state index contributed by atoms with van der Waals surface area (Å²) in [6.07, 6.45) is 8.84. The maximum Gasteiger partial charge on any atom is 0.275 e. The van der Waals surface area contributed by atoms with Crippen LogP contribution in [0.5, 0.6) is 0 Å². The third-order valence-electron chi connectivity index (χ3n) is 7.70.